The van der Waals surface area contributed by atoms with Gasteiger partial charge in [-0.3, -0.25) is 0 Å². The molecule has 2 heterocycles. The third-order valence-corrected chi connectivity index (χ3v) is 1.56. The van der Waals surface area contributed by atoms with E-state index >= 15 is 0 Å². The fourth-order valence-corrected chi connectivity index (χ4v) is 1.04. The molecule has 10 heavy (non-hydrogen) atoms. The highest BCUT2D eigenvalue weighted by Gasteiger charge is 1.91. The molecule has 0 spiro atoms. The molecule has 0 aromatic carbocycles. The van der Waals surface area contributed by atoms with Crippen molar-refractivity contribution in [2.75, 3.05) is 0 Å². The number of fused-ring (bicyclic) bond motifs is 1. The van der Waals surface area contributed by atoms with E-state index in [9.17, 15) is 0 Å². The van der Waals surface area contributed by atoms with Crippen LogP contribution in [0.3, 0.4) is 0 Å². The molecule has 0 amide bonds. The van der Waals surface area contributed by atoms with Crippen LogP contribution in [0.5, 0.6) is 0 Å². The van der Waals surface area contributed by atoms with E-state index in [-0.39, 0.29) is 0 Å². The molecule has 0 fully saturated rings. The fourth-order valence-electron chi connectivity index (χ4n) is 0.899. The summed E-state index contributed by atoms with van der Waals surface area (Å²) >= 11 is 5.64. The van der Waals surface area contributed by atoms with Crippen LogP contribution in [0.2, 0.25) is 5.15 Å². The molecule has 3 heteroatoms. The normalized spacial score (nSPS) is 10.5. The zero-order valence-corrected chi connectivity index (χ0v) is 5.92. The van der Waals surface area contributed by atoms with E-state index in [4.69, 9.17) is 11.6 Å². The molecule has 2 nitrogen and oxygen atoms in total. The number of nitrogens with zero attached hydrogens (tertiary/aromatic N) is 2. The Morgan fingerprint density at radius 2 is 2.20 bits per heavy atom. The molecule has 0 saturated heterocycles. The fraction of sp³-hybridized carbons (Fsp3) is 0. The van der Waals surface area contributed by atoms with Gasteiger partial charge in [0.15, 0.2) is 0 Å². The van der Waals surface area contributed by atoms with Crippen LogP contribution in [0.1, 0.15) is 0 Å². The molecular formula is C7H5ClN2. The Morgan fingerprint density at radius 3 is 3.10 bits per heavy atom. The van der Waals surface area contributed by atoms with Gasteiger partial charge < -0.3 is 0 Å². The summed E-state index contributed by atoms with van der Waals surface area (Å²) in [6.45, 7) is 0. The van der Waals surface area contributed by atoms with Gasteiger partial charge in [-0.2, -0.15) is 5.10 Å². The van der Waals surface area contributed by atoms with Crippen molar-refractivity contribution in [2.24, 2.45) is 0 Å². The van der Waals surface area contributed by atoms with Gasteiger partial charge in [-0.25, -0.2) is 4.52 Å². The largest absolute Gasteiger partial charge is 0.240 e. The smallest absolute Gasteiger partial charge is 0.150 e. The van der Waals surface area contributed by atoms with E-state index in [1.54, 1.807) is 10.6 Å². The lowest BCUT2D eigenvalue weighted by Crippen LogP contribution is -1.87. The highest BCUT2D eigenvalue weighted by Crippen LogP contribution is 2.06. The number of aromatic nitrogens is 2. The van der Waals surface area contributed by atoms with Crippen LogP contribution in [0, 0.1) is 0 Å². The first kappa shape index (κ1) is 5.74. The van der Waals surface area contributed by atoms with Crippen LogP contribution in [0.15, 0.2) is 30.5 Å². The molecule has 0 aliphatic heterocycles. The van der Waals surface area contributed by atoms with Gasteiger partial charge in [0.2, 0.25) is 0 Å². The zero-order valence-electron chi connectivity index (χ0n) is 5.16. The van der Waals surface area contributed by atoms with Crippen molar-refractivity contribution in [1.82, 2.24) is 9.61 Å². The Hall–Kier alpha value is -1.02. The van der Waals surface area contributed by atoms with E-state index < -0.39 is 0 Å². The van der Waals surface area contributed by atoms with Gasteiger partial charge in [-0.05, 0) is 24.3 Å². The summed E-state index contributed by atoms with van der Waals surface area (Å²) in [7, 11) is 0. The van der Waals surface area contributed by atoms with Crippen LogP contribution in [-0.4, -0.2) is 9.61 Å². The molecule has 2 aromatic rings. The van der Waals surface area contributed by atoms with Gasteiger partial charge >= 0.3 is 0 Å². The summed E-state index contributed by atoms with van der Waals surface area (Å²) in [5, 5.41) is 4.54. The quantitative estimate of drug-likeness (QED) is 0.564. The molecule has 2 aromatic heterocycles. The number of halogens is 1. The third kappa shape index (κ3) is 0.772. The molecule has 0 atom stereocenters. The van der Waals surface area contributed by atoms with Crippen LogP contribution in [0.25, 0.3) is 5.52 Å². The summed E-state index contributed by atoms with van der Waals surface area (Å²) in [6.07, 6.45) is 1.86. The standard InChI is InChI=1S/C7H5ClN2/c8-7-4-3-6-2-1-5-10(6)9-7/h1-5H. The molecule has 0 unspecified atom stereocenters. The van der Waals surface area contributed by atoms with Crippen molar-refractivity contribution in [2.45, 2.75) is 0 Å². The van der Waals surface area contributed by atoms with Gasteiger partial charge in [0, 0.05) is 6.20 Å². The molecule has 2 rings (SSSR count). The van der Waals surface area contributed by atoms with E-state index in [0.717, 1.165) is 5.52 Å². The summed E-state index contributed by atoms with van der Waals surface area (Å²) < 4.78 is 1.74. The van der Waals surface area contributed by atoms with E-state index in [1.165, 1.54) is 0 Å². The molecule has 0 radical (unpaired) electrons. The van der Waals surface area contributed by atoms with Crippen molar-refractivity contribution in [3.05, 3.63) is 35.6 Å². The number of rotatable bonds is 0. The maximum Gasteiger partial charge on any atom is 0.150 e. The molecular weight excluding hydrogens is 148 g/mol. The minimum Gasteiger partial charge on any atom is -0.240 e. The highest BCUT2D eigenvalue weighted by atomic mass is 35.5. The van der Waals surface area contributed by atoms with Crippen molar-refractivity contribution < 1.29 is 0 Å². The van der Waals surface area contributed by atoms with Gasteiger partial charge in [-0.1, -0.05) is 11.6 Å². The van der Waals surface area contributed by atoms with Crippen molar-refractivity contribution in [3.8, 4) is 0 Å². The maximum atomic E-state index is 5.64. The van der Waals surface area contributed by atoms with Crippen LogP contribution < -0.4 is 0 Å². The summed E-state index contributed by atoms with van der Waals surface area (Å²) in [6, 6.07) is 7.61. The monoisotopic (exact) mass is 152 g/mol. The van der Waals surface area contributed by atoms with E-state index in [1.807, 2.05) is 24.4 Å². The molecule has 0 bridgehead atoms. The minimum atomic E-state index is 0.517. The SMILES string of the molecule is Clc1ccc2cccn2n1. The molecule has 0 aliphatic carbocycles. The van der Waals surface area contributed by atoms with Gasteiger partial charge in [0.25, 0.3) is 0 Å². The Balaban J connectivity index is 2.86. The molecule has 0 N–H and O–H groups in total. The maximum absolute atomic E-state index is 5.64. The summed E-state index contributed by atoms with van der Waals surface area (Å²) in [5.74, 6) is 0. The Bertz CT molecular complexity index is 353. The van der Waals surface area contributed by atoms with Crippen molar-refractivity contribution >= 4 is 17.1 Å². The lowest BCUT2D eigenvalue weighted by molar-refractivity contribution is 0.942. The summed E-state index contributed by atoms with van der Waals surface area (Å²) in [5.41, 5.74) is 1.06. The van der Waals surface area contributed by atoms with E-state index in [2.05, 4.69) is 5.10 Å². The first-order chi connectivity index (χ1) is 4.86. The first-order valence-corrected chi connectivity index (χ1v) is 3.34. The van der Waals surface area contributed by atoms with Gasteiger partial charge in [0.05, 0.1) is 5.52 Å². The van der Waals surface area contributed by atoms with Crippen LogP contribution in [-0.2, 0) is 0 Å². The predicted molar refractivity (Wildman–Crippen MR) is 40.2 cm³/mol. The van der Waals surface area contributed by atoms with Crippen molar-refractivity contribution in [1.29, 1.82) is 0 Å². The third-order valence-electron chi connectivity index (χ3n) is 1.35. The van der Waals surface area contributed by atoms with Gasteiger partial charge in [-0.15, -0.1) is 0 Å². The Morgan fingerprint density at radius 1 is 1.30 bits per heavy atom. The molecule has 0 aliphatic rings. The molecule has 0 saturated carbocycles. The topological polar surface area (TPSA) is 17.3 Å². The predicted octanol–water partition coefficient (Wildman–Crippen LogP) is 1.99. The lowest BCUT2D eigenvalue weighted by atomic mass is 10.5. The van der Waals surface area contributed by atoms with E-state index in [0.29, 0.717) is 5.15 Å². The lowest BCUT2D eigenvalue weighted by Gasteiger charge is -1.91. The van der Waals surface area contributed by atoms with Crippen LogP contribution in [0.4, 0.5) is 0 Å². The second-order valence-corrected chi connectivity index (χ2v) is 2.42. The minimum absolute atomic E-state index is 0.517. The van der Waals surface area contributed by atoms with Gasteiger partial charge in [0.1, 0.15) is 5.15 Å². The first-order valence-electron chi connectivity index (χ1n) is 2.96. The second-order valence-electron chi connectivity index (χ2n) is 2.03. The highest BCUT2D eigenvalue weighted by molar-refractivity contribution is 6.29. The summed E-state index contributed by atoms with van der Waals surface area (Å²) in [4.78, 5) is 0. The zero-order chi connectivity index (χ0) is 6.97. The Kier molecular flexibility index (Phi) is 1.14. The number of hydrogen-bond donors (Lipinski definition) is 0. The number of hydrogen-bond acceptors (Lipinski definition) is 1. The molecule has 50 valence electrons. The average molecular weight is 153 g/mol. The van der Waals surface area contributed by atoms with Crippen LogP contribution >= 0.6 is 11.6 Å². The Labute approximate surface area is 63.0 Å². The average Bonchev–Trinajstić information content (AvgIpc) is 2.33. The second kappa shape index (κ2) is 1.99. The van der Waals surface area contributed by atoms with Crippen molar-refractivity contribution in [3.63, 3.8) is 0 Å².